The molecule has 0 unspecified atom stereocenters. The van der Waals surface area contributed by atoms with Crippen molar-refractivity contribution in [1.29, 1.82) is 0 Å². The van der Waals surface area contributed by atoms with E-state index < -0.39 is 0 Å². The molecular weight excluding hydrogens is 675 g/mol. The summed E-state index contributed by atoms with van der Waals surface area (Å²) < 4.78 is 7.23. The van der Waals surface area contributed by atoms with Gasteiger partial charge in [-0.15, -0.1) is 0 Å². The van der Waals surface area contributed by atoms with E-state index in [1.54, 1.807) is 20.4 Å². The molecule has 5 aromatic rings. The molecule has 2 aliphatic heterocycles. The van der Waals surface area contributed by atoms with Crippen molar-refractivity contribution in [1.82, 2.24) is 35.3 Å². The largest absolute Gasteiger partial charge is 0.481 e. The van der Waals surface area contributed by atoms with Gasteiger partial charge in [0, 0.05) is 66.1 Å². The molecule has 1 aliphatic carbocycles. The number of aromatic nitrogens is 4. The fraction of sp³-hybridized carbons (Fsp3) is 0.324. The molecule has 2 aromatic carbocycles. The van der Waals surface area contributed by atoms with Crippen molar-refractivity contribution in [3.05, 3.63) is 91.9 Å². The summed E-state index contributed by atoms with van der Waals surface area (Å²) in [5.41, 5.74) is 6.13. The number of ether oxygens (including phenoxy) is 1. The monoisotopic (exact) mass is 710 g/mol. The van der Waals surface area contributed by atoms with Gasteiger partial charge in [0.25, 0.3) is 5.56 Å². The SMILES string of the molecule is COc1nc(-c2cccc(-c3cccc(Nc4nc(C)cc5cnn(C)c(=O)c45)c3Cl)c2Cl)cc2c1[C@@H](N1CC[C@]3(CCNC(=O)N3)C1)CC2. The van der Waals surface area contributed by atoms with Crippen molar-refractivity contribution in [3.8, 4) is 28.3 Å². The first kappa shape index (κ1) is 32.5. The lowest BCUT2D eigenvalue weighted by Gasteiger charge is -2.36. The Morgan fingerprint density at radius 3 is 2.60 bits per heavy atom. The molecular formula is C37H36Cl2N8O3. The number of nitrogens with zero attached hydrogens (tertiary/aromatic N) is 5. The molecule has 8 rings (SSSR count). The van der Waals surface area contributed by atoms with E-state index in [1.807, 2.05) is 49.4 Å². The van der Waals surface area contributed by atoms with Gasteiger partial charge in [-0.25, -0.2) is 19.4 Å². The number of benzene rings is 2. The van der Waals surface area contributed by atoms with Gasteiger partial charge in [-0.3, -0.25) is 9.69 Å². The second-order valence-electron chi connectivity index (χ2n) is 13.4. The van der Waals surface area contributed by atoms with Crippen molar-refractivity contribution in [2.75, 3.05) is 32.1 Å². The molecule has 2 atom stereocenters. The van der Waals surface area contributed by atoms with Gasteiger partial charge in [-0.1, -0.05) is 53.5 Å². The van der Waals surface area contributed by atoms with Gasteiger partial charge in [0.2, 0.25) is 5.88 Å². The molecule has 2 saturated heterocycles. The quantitative estimate of drug-likeness (QED) is 0.181. The van der Waals surface area contributed by atoms with Crippen LogP contribution in [0.2, 0.25) is 10.0 Å². The maximum absolute atomic E-state index is 13.1. The van der Waals surface area contributed by atoms with Crippen LogP contribution in [0.15, 0.2) is 59.5 Å². The number of urea groups is 1. The van der Waals surface area contributed by atoms with Crippen molar-refractivity contribution in [2.45, 2.75) is 44.2 Å². The van der Waals surface area contributed by atoms with E-state index in [0.717, 1.165) is 72.4 Å². The molecule has 13 heteroatoms. The number of nitrogens with one attached hydrogen (secondary N) is 3. The number of fused-ring (bicyclic) bond motifs is 2. The number of hydrogen-bond donors (Lipinski definition) is 3. The van der Waals surface area contributed by atoms with Crippen molar-refractivity contribution in [3.63, 3.8) is 0 Å². The van der Waals surface area contributed by atoms with Crippen LogP contribution < -0.4 is 26.2 Å². The maximum Gasteiger partial charge on any atom is 0.315 e. The molecule has 5 heterocycles. The number of carbonyl (C=O) groups is 1. The smallest absolute Gasteiger partial charge is 0.315 e. The predicted molar refractivity (Wildman–Crippen MR) is 196 cm³/mol. The van der Waals surface area contributed by atoms with E-state index in [1.165, 1.54) is 10.2 Å². The summed E-state index contributed by atoms with van der Waals surface area (Å²) in [6, 6.07) is 15.5. The van der Waals surface area contributed by atoms with Gasteiger partial charge >= 0.3 is 6.03 Å². The Labute approximate surface area is 299 Å². The number of methoxy groups -OCH3 is 1. The predicted octanol–water partition coefficient (Wildman–Crippen LogP) is 6.56. The standard InChI is InChI=1S/C37H36Cl2N8O3/c1-20-16-22-18-41-46(2)35(48)30(22)33(42-20)43-26-9-5-7-24(32(26)39)23-6-4-8-25(31(23)38)27-17-21-10-11-28(29(21)34(44-27)50-3)47-15-13-37(19-47)12-14-40-36(49)45-37/h4-9,16-18,28H,10-15,19H2,1-3H3,(H,42,43)(H2,40,45,49)/t28-,37+/m0/s1. The molecule has 11 nitrogen and oxygen atoms in total. The zero-order valence-electron chi connectivity index (χ0n) is 27.9. The minimum absolute atomic E-state index is 0.0843. The summed E-state index contributed by atoms with van der Waals surface area (Å²) in [6.07, 6.45) is 5.34. The molecule has 1 spiro atoms. The van der Waals surface area contributed by atoms with Crippen LogP contribution in [0, 0.1) is 6.92 Å². The molecule has 50 heavy (non-hydrogen) atoms. The Kier molecular flexibility index (Phi) is 8.16. The minimum Gasteiger partial charge on any atom is -0.481 e. The number of aryl methyl sites for hydroxylation is 3. The molecule has 0 radical (unpaired) electrons. The number of rotatable bonds is 6. The van der Waals surface area contributed by atoms with Crippen LogP contribution in [0.25, 0.3) is 33.2 Å². The number of anilines is 2. The Hall–Kier alpha value is -4.71. The summed E-state index contributed by atoms with van der Waals surface area (Å²) in [5.74, 6) is 0.999. The van der Waals surface area contributed by atoms with Crippen LogP contribution in [0.1, 0.15) is 42.1 Å². The van der Waals surface area contributed by atoms with Crippen molar-refractivity contribution >= 4 is 51.5 Å². The van der Waals surface area contributed by atoms with Crippen LogP contribution in [-0.2, 0) is 13.5 Å². The van der Waals surface area contributed by atoms with Crippen molar-refractivity contribution < 1.29 is 9.53 Å². The van der Waals surface area contributed by atoms with E-state index in [2.05, 4.69) is 37.0 Å². The third-order valence-electron chi connectivity index (χ3n) is 10.3. The van der Waals surface area contributed by atoms with Gasteiger partial charge in [0.05, 0.1) is 45.7 Å². The maximum atomic E-state index is 13.1. The van der Waals surface area contributed by atoms with Gasteiger partial charge in [0.15, 0.2) is 0 Å². The molecule has 0 bridgehead atoms. The number of likely N-dealkylation sites (tertiary alicyclic amines) is 1. The van der Waals surface area contributed by atoms with Crippen LogP contribution >= 0.6 is 23.2 Å². The topological polar surface area (TPSA) is 126 Å². The Morgan fingerprint density at radius 1 is 1.02 bits per heavy atom. The van der Waals surface area contributed by atoms with E-state index >= 15 is 0 Å². The first-order valence-corrected chi connectivity index (χ1v) is 17.5. The Balaban J connectivity index is 1.12. The molecule has 3 aromatic heterocycles. The first-order chi connectivity index (χ1) is 24.1. The zero-order chi connectivity index (χ0) is 34.7. The first-order valence-electron chi connectivity index (χ1n) is 16.7. The van der Waals surface area contributed by atoms with Crippen LogP contribution in [-0.4, -0.2) is 63.0 Å². The molecule has 3 N–H and O–H groups in total. The van der Waals surface area contributed by atoms with Crippen LogP contribution in [0.4, 0.5) is 16.3 Å². The summed E-state index contributed by atoms with van der Waals surface area (Å²) in [6.45, 7) is 4.27. The third kappa shape index (κ3) is 5.53. The highest BCUT2D eigenvalue weighted by atomic mass is 35.5. The number of halogens is 2. The minimum atomic E-state index is -0.260. The summed E-state index contributed by atoms with van der Waals surface area (Å²) >= 11 is 14.3. The lowest BCUT2D eigenvalue weighted by Crippen LogP contribution is -2.59. The number of pyridine rings is 2. The average Bonchev–Trinajstić information content (AvgIpc) is 3.71. The van der Waals surface area contributed by atoms with Crippen LogP contribution in [0.3, 0.4) is 0 Å². The zero-order valence-corrected chi connectivity index (χ0v) is 29.5. The molecule has 2 amide bonds. The fourth-order valence-electron chi connectivity index (χ4n) is 7.86. The normalized spacial score (nSPS) is 20.2. The van der Waals surface area contributed by atoms with Gasteiger partial charge in [-0.2, -0.15) is 5.10 Å². The highest BCUT2D eigenvalue weighted by Gasteiger charge is 2.45. The Bertz CT molecular complexity index is 2260. The number of amides is 2. The van der Waals surface area contributed by atoms with Gasteiger partial charge in [0.1, 0.15) is 5.82 Å². The highest BCUT2D eigenvalue weighted by molar-refractivity contribution is 6.39. The number of hydrogen-bond acceptors (Lipinski definition) is 8. The average molecular weight is 712 g/mol. The lowest BCUT2D eigenvalue weighted by atomic mass is 9.93. The van der Waals surface area contributed by atoms with Gasteiger partial charge in [-0.05, 0) is 56.4 Å². The molecule has 0 saturated carbocycles. The summed E-state index contributed by atoms with van der Waals surface area (Å²) in [7, 11) is 3.27. The van der Waals surface area contributed by atoms with E-state index in [4.69, 9.17) is 32.9 Å². The lowest BCUT2D eigenvalue weighted by molar-refractivity contribution is 0.187. The summed E-state index contributed by atoms with van der Waals surface area (Å²) in [4.78, 5) is 37.3. The second-order valence-corrected chi connectivity index (χ2v) is 14.1. The summed E-state index contributed by atoms with van der Waals surface area (Å²) in [5, 5.41) is 15.6. The third-order valence-corrected chi connectivity index (χ3v) is 11.1. The number of carbonyl (C=O) groups excluding carboxylic acids is 1. The molecule has 3 aliphatic rings. The Morgan fingerprint density at radius 2 is 1.80 bits per heavy atom. The van der Waals surface area contributed by atoms with E-state index in [-0.39, 0.29) is 23.2 Å². The highest BCUT2D eigenvalue weighted by Crippen LogP contribution is 2.47. The van der Waals surface area contributed by atoms with Crippen molar-refractivity contribution in [2.24, 2.45) is 7.05 Å². The van der Waals surface area contributed by atoms with E-state index in [0.29, 0.717) is 44.7 Å². The van der Waals surface area contributed by atoms with Gasteiger partial charge < -0.3 is 20.7 Å². The van der Waals surface area contributed by atoms with E-state index in [9.17, 15) is 9.59 Å². The fourth-order valence-corrected chi connectivity index (χ4v) is 8.46. The second kappa shape index (κ2) is 12.6. The molecule has 256 valence electrons. The molecule has 2 fully saturated rings. The van der Waals surface area contributed by atoms with Crippen LogP contribution in [0.5, 0.6) is 5.88 Å².